The maximum Gasteiger partial charge on any atom is 0.407 e. The van der Waals surface area contributed by atoms with Crippen LogP contribution in [0.5, 0.6) is 5.75 Å². The summed E-state index contributed by atoms with van der Waals surface area (Å²) in [7, 11) is 1.30. The Kier molecular flexibility index (Phi) is 9.71. The van der Waals surface area contributed by atoms with Crippen molar-refractivity contribution in [2.45, 2.75) is 43.4 Å². The molecule has 236 valence electrons. The molecule has 3 atom stereocenters. The van der Waals surface area contributed by atoms with E-state index >= 15 is 0 Å². The normalized spacial score (nSPS) is 17.1. The van der Waals surface area contributed by atoms with E-state index in [1.807, 2.05) is 78.9 Å². The predicted molar refractivity (Wildman–Crippen MR) is 176 cm³/mol. The first kappa shape index (κ1) is 31.0. The second-order valence-electron chi connectivity index (χ2n) is 11.6. The lowest BCUT2D eigenvalue weighted by Gasteiger charge is -2.29. The number of hydrogen-bond donors (Lipinski definition) is 4. The molecule has 0 spiro atoms. The first-order chi connectivity index (χ1) is 22.5. The predicted octanol–water partition coefficient (Wildman–Crippen LogP) is 5.60. The molecule has 1 saturated heterocycles. The molecule has 46 heavy (non-hydrogen) atoms. The van der Waals surface area contributed by atoms with Crippen molar-refractivity contribution >= 4 is 22.9 Å². The lowest BCUT2D eigenvalue weighted by atomic mass is 9.81. The average molecular weight is 619 g/mol. The molecular formula is C37H38N4O5. The number of alkyl carbamates (subject to hydrolysis) is 1. The number of Topliss-reactive ketones (excluding diaryl/α,β-unsaturated/α-hetero) is 1. The van der Waals surface area contributed by atoms with Crippen LogP contribution in [0.2, 0.25) is 0 Å². The van der Waals surface area contributed by atoms with Crippen LogP contribution in [-0.4, -0.2) is 59.4 Å². The van der Waals surface area contributed by atoms with E-state index < -0.39 is 18.1 Å². The minimum Gasteiger partial charge on any atom is -0.508 e. The molecule has 9 heteroatoms. The number of ketones is 1. The lowest BCUT2D eigenvalue weighted by molar-refractivity contribution is -0.120. The highest BCUT2D eigenvalue weighted by molar-refractivity contribution is 5.91. The Morgan fingerprint density at radius 2 is 1.63 bits per heavy atom. The van der Waals surface area contributed by atoms with Gasteiger partial charge in [-0.2, -0.15) is 0 Å². The molecule has 0 saturated carbocycles. The number of phenolic OH excluding ortho intramolecular Hbond substituents is 1. The number of phenols is 1. The molecule has 6 rings (SSSR count). The molecule has 0 radical (unpaired) electrons. The first-order valence-electron chi connectivity index (χ1n) is 15.6. The van der Waals surface area contributed by atoms with Gasteiger partial charge in [0.25, 0.3) is 0 Å². The highest BCUT2D eigenvalue weighted by Gasteiger charge is 2.33. The topological polar surface area (TPSA) is 126 Å². The molecule has 0 aliphatic carbocycles. The Labute approximate surface area is 268 Å². The zero-order valence-corrected chi connectivity index (χ0v) is 25.7. The van der Waals surface area contributed by atoms with E-state index in [2.05, 4.69) is 26.7 Å². The smallest absolute Gasteiger partial charge is 0.407 e. The minimum absolute atomic E-state index is 0.00251. The van der Waals surface area contributed by atoms with Gasteiger partial charge < -0.3 is 30.2 Å². The number of aromatic nitrogens is 2. The molecule has 1 aliphatic heterocycles. The number of fused-ring (bicyclic) bond motifs is 1. The fraction of sp³-hybridized carbons (Fsp3) is 0.270. The quantitative estimate of drug-likeness (QED) is 0.152. The third-order valence-corrected chi connectivity index (χ3v) is 8.58. The maximum absolute atomic E-state index is 14.1. The van der Waals surface area contributed by atoms with E-state index in [4.69, 9.17) is 9.47 Å². The number of amides is 1. The highest BCUT2D eigenvalue weighted by atomic mass is 16.5. The second kappa shape index (κ2) is 14.4. The third-order valence-electron chi connectivity index (χ3n) is 8.58. The fourth-order valence-electron chi connectivity index (χ4n) is 6.19. The molecule has 1 amide bonds. The van der Waals surface area contributed by atoms with Gasteiger partial charge in [0.2, 0.25) is 0 Å². The van der Waals surface area contributed by atoms with E-state index in [9.17, 15) is 14.7 Å². The molecule has 9 nitrogen and oxygen atoms in total. The van der Waals surface area contributed by atoms with E-state index in [1.54, 1.807) is 18.2 Å². The summed E-state index contributed by atoms with van der Waals surface area (Å²) >= 11 is 0. The number of ether oxygens (including phenoxy) is 2. The van der Waals surface area contributed by atoms with E-state index in [-0.39, 0.29) is 30.1 Å². The number of nitrogens with one attached hydrogen (secondary N) is 3. The summed E-state index contributed by atoms with van der Waals surface area (Å²) in [5.74, 6) is 0.476. The number of hydrogen-bond acceptors (Lipinski definition) is 7. The third kappa shape index (κ3) is 7.28. The standard InChI is InChI=1S/C37H38N4O5/c1-45-37(44)41-35(34(25-11-4-2-5-12-25)26-13-6-3-7-14-26)33(43)20-27-15-9-8-10-24(27)16-18-29-22-38-32(23-46-29)36-39-30-19-17-28(42)21-31(30)40-36/h2-15,17,19,21,29,32,34-35,38,42H,16,18,20,22-23H2,1H3,(H,39,40)(H,41,44)/t29-,32+,35-/m1/s1. The number of aromatic hydroxyl groups is 1. The number of carbonyl (C=O) groups is 2. The van der Waals surface area contributed by atoms with Crippen LogP contribution in [0.4, 0.5) is 4.79 Å². The minimum atomic E-state index is -0.838. The van der Waals surface area contributed by atoms with E-state index in [0.29, 0.717) is 13.2 Å². The van der Waals surface area contributed by atoms with Crippen molar-refractivity contribution < 1.29 is 24.2 Å². The molecule has 0 unspecified atom stereocenters. The van der Waals surface area contributed by atoms with Crippen molar-refractivity contribution in [3.05, 3.63) is 131 Å². The fourth-order valence-corrected chi connectivity index (χ4v) is 6.19. The van der Waals surface area contributed by atoms with E-state index in [0.717, 1.165) is 52.0 Å². The second-order valence-corrected chi connectivity index (χ2v) is 11.6. The number of carbonyl (C=O) groups excluding carboxylic acids is 2. The van der Waals surface area contributed by atoms with Crippen LogP contribution in [0.25, 0.3) is 11.0 Å². The Balaban J connectivity index is 1.14. The van der Waals surface area contributed by atoms with Gasteiger partial charge in [-0.05, 0) is 47.2 Å². The number of nitrogens with zero attached hydrogens (tertiary/aromatic N) is 1. The van der Waals surface area contributed by atoms with Crippen LogP contribution >= 0.6 is 0 Å². The van der Waals surface area contributed by atoms with Gasteiger partial charge in [0.15, 0.2) is 5.78 Å². The average Bonchev–Trinajstić information content (AvgIpc) is 3.52. The molecule has 1 fully saturated rings. The van der Waals surface area contributed by atoms with Crippen LogP contribution in [0.1, 0.15) is 46.5 Å². The van der Waals surface area contributed by atoms with Gasteiger partial charge in [0.05, 0.1) is 36.9 Å². The Morgan fingerprint density at radius 1 is 0.957 bits per heavy atom. The maximum atomic E-state index is 14.1. The monoisotopic (exact) mass is 618 g/mol. The number of aromatic amines is 1. The van der Waals surface area contributed by atoms with Gasteiger partial charge in [0.1, 0.15) is 17.6 Å². The summed E-state index contributed by atoms with van der Waals surface area (Å²) in [4.78, 5) is 34.6. The summed E-state index contributed by atoms with van der Waals surface area (Å²) in [5.41, 5.74) is 5.44. The van der Waals surface area contributed by atoms with E-state index in [1.165, 1.54) is 7.11 Å². The summed E-state index contributed by atoms with van der Waals surface area (Å²) in [5, 5.41) is 16.2. The van der Waals surface area contributed by atoms with Crippen molar-refractivity contribution in [3.63, 3.8) is 0 Å². The van der Waals surface area contributed by atoms with Crippen LogP contribution < -0.4 is 10.6 Å². The summed E-state index contributed by atoms with van der Waals surface area (Å²) in [6.07, 6.45) is 1.03. The highest BCUT2D eigenvalue weighted by Crippen LogP contribution is 2.30. The SMILES string of the molecule is COC(=O)N[C@H](C(=O)Cc1ccccc1CC[C@@H]1CN[C@H](c2nc3ccc(O)cc3[nH]2)CO1)C(c1ccccc1)c1ccccc1. The molecule has 1 aliphatic rings. The molecule has 0 bridgehead atoms. The van der Waals surface area contributed by atoms with Crippen molar-refractivity contribution in [1.29, 1.82) is 0 Å². The van der Waals surface area contributed by atoms with Gasteiger partial charge in [-0.15, -0.1) is 0 Å². The first-order valence-corrected chi connectivity index (χ1v) is 15.6. The van der Waals surface area contributed by atoms with Crippen LogP contribution in [-0.2, 0) is 27.1 Å². The number of imidazole rings is 1. The van der Waals surface area contributed by atoms with Crippen molar-refractivity contribution in [2.24, 2.45) is 0 Å². The molecule has 4 N–H and O–H groups in total. The largest absolute Gasteiger partial charge is 0.508 e. The number of H-pyrrole nitrogens is 1. The zero-order chi connectivity index (χ0) is 31.9. The summed E-state index contributed by atoms with van der Waals surface area (Å²) < 4.78 is 11.2. The van der Waals surface area contributed by atoms with Crippen molar-refractivity contribution in [3.8, 4) is 5.75 Å². The number of aryl methyl sites for hydroxylation is 1. The number of morpholine rings is 1. The Bertz CT molecular complexity index is 1730. The Morgan fingerprint density at radius 3 is 2.28 bits per heavy atom. The van der Waals surface area contributed by atoms with Gasteiger partial charge >= 0.3 is 6.09 Å². The van der Waals surface area contributed by atoms with Gasteiger partial charge in [-0.1, -0.05) is 84.9 Å². The molecule has 4 aromatic carbocycles. The molecular weight excluding hydrogens is 580 g/mol. The zero-order valence-electron chi connectivity index (χ0n) is 25.7. The number of rotatable bonds is 11. The van der Waals surface area contributed by atoms with Gasteiger partial charge in [-0.25, -0.2) is 9.78 Å². The van der Waals surface area contributed by atoms with Gasteiger partial charge in [0, 0.05) is 24.9 Å². The van der Waals surface area contributed by atoms with Crippen LogP contribution in [0.3, 0.4) is 0 Å². The number of benzene rings is 4. The van der Waals surface area contributed by atoms with Crippen molar-refractivity contribution in [2.75, 3.05) is 20.3 Å². The molecule has 5 aromatic rings. The lowest BCUT2D eigenvalue weighted by Crippen LogP contribution is -2.46. The summed E-state index contributed by atoms with van der Waals surface area (Å²) in [6.45, 7) is 1.13. The summed E-state index contributed by atoms with van der Waals surface area (Å²) in [6, 6.07) is 31.7. The van der Waals surface area contributed by atoms with Gasteiger partial charge in [-0.3, -0.25) is 4.79 Å². The van der Waals surface area contributed by atoms with Crippen LogP contribution in [0.15, 0.2) is 103 Å². The molecule has 1 aromatic heterocycles. The number of methoxy groups -OCH3 is 1. The van der Waals surface area contributed by atoms with Crippen LogP contribution in [0, 0.1) is 0 Å². The molecule has 2 heterocycles. The Hall–Kier alpha value is -4.99. The van der Waals surface area contributed by atoms with Crippen molar-refractivity contribution in [1.82, 2.24) is 20.6 Å².